The minimum Gasteiger partial charge on any atom is -0.481 e. The molecular weight excluding hydrogens is 358 g/mol. The van der Waals surface area contributed by atoms with Crippen molar-refractivity contribution in [3.63, 3.8) is 0 Å². The van der Waals surface area contributed by atoms with Gasteiger partial charge in [-0.3, -0.25) is 9.52 Å². The lowest BCUT2D eigenvalue weighted by molar-refractivity contribution is -0.137. The first-order chi connectivity index (χ1) is 12.0. The zero-order valence-corrected chi connectivity index (χ0v) is 16.1. The van der Waals surface area contributed by atoms with Gasteiger partial charge in [-0.15, -0.1) is 0 Å². The Balaban J connectivity index is 2.58. The fraction of sp³-hybridized carbons (Fsp3) is 0.529. The van der Waals surface area contributed by atoms with Crippen molar-refractivity contribution >= 4 is 33.4 Å². The summed E-state index contributed by atoms with van der Waals surface area (Å²) < 4.78 is 26.2. The normalized spacial score (nSPS) is 11.7. The maximum absolute atomic E-state index is 12.0. The number of amides is 2. The second kappa shape index (κ2) is 9.42. The molecule has 0 saturated heterocycles. The van der Waals surface area contributed by atoms with Gasteiger partial charge in [-0.05, 0) is 51.0 Å². The number of carboxylic acid groups (broad SMARTS) is 1. The fourth-order valence-electron chi connectivity index (χ4n) is 2.14. The van der Waals surface area contributed by atoms with Crippen LogP contribution in [0.25, 0.3) is 0 Å². The lowest BCUT2D eigenvalue weighted by Gasteiger charge is -2.25. The van der Waals surface area contributed by atoms with Gasteiger partial charge in [0.15, 0.2) is 0 Å². The molecule has 0 bridgehead atoms. The van der Waals surface area contributed by atoms with Gasteiger partial charge in [0.25, 0.3) is 0 Å². The monoisotopic (exact) mass is 385 g/mol. The van der Waals surface area contributed by atoms with Crippen LogP contribution >= 0.6 is 0 Å². The molecule has 1 rings (SSSR count). The van der Waals surface area contributed by atoms with Crippen molar-refractivity contribution < 1.29 is 23.1 Å². The summed E-state index contributed by atoms with van der Waals surface area (Å²) in [7, 11) is -3.37. The van der Waals surface area contributed by atoms with Gasteiger partial charge >= 0.3 is 12.0 Å². The van der Waals surface area contributed by atoms with E-state index in [-0.39, 0.29) is 12.2 Å². The Labute approximate surface area is 154 Å². The van der Waals surface area contributed by atoms with Crippen LogP contribution in [0.15, 0.2) is 24.3 Å². The number of unbranched alkanes of at least 4 members (excludes halogenated alkanes) is 1. The summed E-state index contributed by atoms with van der Waals surface area (Å²) in [5.74, 6) is -0.852. The van der Waals surface area contributed by atoms with Crippen LogP contribution in [-0.2, 0) is 14.8 Å². The molecule has 0 saturated carbocycles. The molecule has 1 aromatic carbocycles. The second-order valence-electron chi connectivity index (χ2n) is 6.71. The summed E-state index contributed by atoms with van der Waals surface area (Å²) in [5, 5.41) is 14.1. The summed E-state index contributed by atoms with van der Waals surface area (Å²) in [6.07, 6.45) is 1.64. The van der Waals surface area contributed by atoms with Crippen molar-refractivity contribution in [3.05, 3.63) is 24.3 Å². The number of benzene rings is 1. The molecule has 1 aromatic rings. The van der Waals surface area contributed by atoms with Crippen LogP contribution < -0.4 is 15.4 Å². The lowest BCUT2D eigenvalue weighted by atomic mass is 9.99. The Morgan fingerprint density at radius 3 is 2.23 bits per heavy atom. The quantitative estimate of drug-likeness (QED) is 0.493. The van der Waals surface area contributed by atoms with Crippen LogP contribution in [0.5, 0.6) is 0 Å². The van der Waals surface area contributed by atoms with Gasteiger partial charge in [0.2, 0.25) is 10.0 Å². The highest BCUT2D eigenvalue weighted by Gasteiger charge is 2.21. The standard InChI is InChI=1S/C17H27N3O5S/c1-4-5-12-26(24,25)20-14-8-6-13(7-9-14)18-16(23)19-17(2,3)11-10-15(21)22/h6-9,20H,4-5,10-12H2,1-3H3,(H,21,22)(H2,18,19,23). The summed E-state index contributed by atoms with van der Waals surface area (Å²) >= 11 is 0. The Kier molecular flexibility index (Phi) is 7.88. The third kappa shape index (κ3) is 8.70. The highest BCUT2D eigenvalue weighted by atomic mass is 32.2. The summed E-state index contributed by atoms with van der Waals surface area (Å²) in [6.45, 7) is 5.40. The fourth-order valence-corrected chi connectivity index (χ4v) is 3.40. The molecule has 4 N–H and O–H groups in total. The molecular formula is C17H27N3O5S. The number of sulfonamides is 1. The van der Waals surface area contributed by atoms with E-state index in [1.807, 2.05) is 6.92 Å². The van der Waals surface area contributed by atoms with E-state index in [1.165, 1.54) is 0 Å². The number of urea groups is 1. The van der Waals surface area contributed by atoms with E-state index in [2.05, 4.69) is 15.4 Å². The first kappa shape index (κ1) is 21.8. The third-order valence-corrected chi connectivity index (χ3v) is 4.97. The molecule has 26 heavy (non-hydrogen) atoms. The number of hydrogen-bond acceptors (Lipinski definition) is 4. The number of anilines is 2. The van der Waals surface area contributed by atoms with Crippen LogP contribution in [0.1, 0.15) is 46.5 Å². The van der Waals surface area contributed by atoms with Crippen molar-refractivity contribution in [3.8, 4) is 0 Å². The van der Waals surface area contributed by atoms with Crippen LogP contribution in [0.4, 0.5) is 16.2 Å². The highest BCUT2D eigenvalue weighted by molar-refractivity contribution is 7.92. The van der Waals surface area contributed by atoms with Gasteiger partial charge in [-0.25, -0.2) is 13.2 Å². The van der Waals surface area contributed by atoms with Gasteiger partial charge in [0, 0.05) is 23.3 Å². The van der Waals surface area contributed by atoms with Crippen molar-refractivity contribution in [1.82, 2.24) is 5.32 Å². The molecule has 9 heteroatoms. The molecule has 0 radical (unpaired) electrons. The number of carboxylic acids is 1. The lowest BCUT2D eigenvalue weighted by Crippen LogP contribution is -2.45. The van der Waals surface area contributed by atoms with E-state index in [0.717, 1.165) is 6.42 Å². The minimum absolute atomic E-state index is 0.0415. The zero-order chi connectivity index (χ0) is 19.8. The molecule has 0 aliphatic carbocycles. The topological polar surface area (TPSA) is 125 Å². The van der Waals surface area contributed by atoms with Crippen molar-refractivity contribution in [2.24, 2.45) is 0 Å². The minimum atomic E-state index is -3.37. The number of carbonyl (C=O) groups is 2. The van der Waals surface area contributed by atoms with E-state index in [1.54, 1.807) is 38.1 Å². The molecule has 0 aromatic heterocycles. The predicted molar refractivity (Wildman–Crippen MR) is 102 cm³/mol. The number of nitrogens with one attached hydrogen (secondary N) is 3. The van der Waals surface area contributed by atoms with Gasteiger partial charge < -0.3 is 15.7 Å². The van der Waals surface area contributed by atoms with Gasteiger partial charge in [0.05, 0.1) is 5.75 Å². The molecule has 0 aliphatic heterocycles. The summed E-state index contributed by atoms with van der Waals surface area (Å²) in [5.41, 5.74) is 0.249. The second-order valence-corrected chi connectivity index (χ2v) is 8.55. The Bertz CT molecular complexity index is 714. The molecule has 146 valence electrons. The van der Waals surface area contributed by atoms with Crippen molar-refractivity contribution in [2.45, 2.75) is 52.0 Å². The van der Waals surface area contributed by atoms with Crippen molar-refractivity contribution in [2.75, 3.05) is 15.8 Å². The molecule has 0 aliphatic rings. The number of hydrogen-bond donors (Lipinski definition) is 4. The first-order valence-electron chi connectivity index (χ1n) is 8.44. The van der Waals surface area contributed by atoms with Crippen LogP contribution in [0.3, 0.4) is 0 Å². The molecule has 8 nitrogen and oxygen atoms in total. The first-order valence-corrected chi connectivity index (χ1v) is 10.1. The Morgan fingerprint density at radius 1 is 1.12 bits per heavy atom. The van der Waals surface area contributed by atoms with Crippen LogP contribution in [-0.4, -0.2) is 36.8 Å². The van der Waals surface area contributed by atoms with E-state index < -0.39 is 27.6 Å². The van der Waals surface area contributed by atoms with Crippen LogP contribution in [0.2, 0.25) is 0 Å². The smallest absolute Gasteiger partial charge is 0.319 e. The van der Waals surface area contributed by atoms with Crippen LogP contribution in [0, 0.1) is 0 Å². The third-order valence-electron chi connectivity index (χ3n) is 3.60. The Morgan fingerprint density at radius 2 is 1.69 bits per heavy atom. The molecule has 0 fully saturated rings. The van der Waals surface area contributed by atoms with Gasteiger partial charge in [-0.1, -0.05) is 13.3 Å². The van der Waals surface area contributed by atoms with E-state index >= 15 is 0 Å². The molecule has 0 heterocycles. The molecule has 0 unspecified atom stereocenters. The number of aliphatic carboxylic acids is 1. The summed E-state index contributed by atoms with van der Waals surface area (Å²) in [6, 6.07) is 5.84. The van der Waals surface area contributed by atoms with Crippen molar-refractivity contribution in [1.29, 1.82) is 0 Å². The maximum atomic E-state index is 12.0. The number of rotatable bonds is 10. The van der Waals surface area contributed by atoms with E-state index in [4.69, 9.17) is 5.11 Å². The Hall–Kier alpha value is -2.29. The SMILES string of the molecule is CCCCS(=O)(=O)Nc1ccc(NC(=O)NC(C)(C)CCC(=O)O)cc1. The maximum Gasteiger partial charge on any atom is 0.319 e. The van der Waals surface area contributed by atoms with E-state index in [9.17, 15) is 18.0 Å². The number of carbonyl (C=O) groups excluding carboxylic acids is 1. The van der Waals surface area contributed by atoms with E-state index in [0.29, 0.717) is 24.2 Å². The predicted octanol–water partition coefficient (Wildman–Crippen LogP) is 2.99. The average Bonchev–Trinajstić information content (AvgIpc) is 2.52. The summed E-state index contributed by atoms with van der Waals surface area (Å²) in [4.78, 5) is 22.7. The highest BCUT2D eigenvalue weighted by Crippen LogP contribution is 2.16. The molecule has 0 spiro atoms. The largest absolute Gasteiger partial charge is 0.481 e. The average molecular weight is 385 g/mol. The molecule has 2 amide bonds. The zero-order valence-electron chi connectivity index (χ0n) is 15.3. The van der Waals surface area contributed by atoms with Gasteiger partial charge in [0.1, 0.15) is 0 Å². The molecule has 0 atom stereocenters. The van der Waals surface area contributed by atoms with Gasteiger partial charge in [-0.2, -0.15) is 0 Å².